The minimum absolute atomic E-state index is 0.255. The molecule has 5 heteroatoms. The van der Waals surface area contributed by atoms with E-state index in [0.717, 1.165) is 17.7 Å². The maximum absolute atomic E-state index is 13.2. The monoisotopic (exact) mass is 355 g/mol. The first-order valence-electron chi connectivity index (χ1n) is 8.00. The molecule has 1 N–H and O–H groups in total. The highest BCUT2D eigenvalue weighted by atomic mass is 32.1. The lowest BCUT2D eigenvalue weighted by Gasteiger charge is -2.05. The minimum atomic E-state index is -0.382. The van der Waals surface area contributed by atoms with Gasteiger partial charge in [0.25, 0.3) is 5.91 Å². The molecule has 0 fully saturated rings. The molecule has 3 rings (SSSR count). The van der Waals surface area contributed by atoms with Crippen LogP contribution in [-0.2, 0) is 13.0 Å². The average Bonchev–Trinajstić information content (AvgIpc) is 3.09. The first-order chi connectivity index (χ1) is 12.1. The van der Waals surface area contributed by atoms with E-state index < -0.39 is 0 Å². The molecule has 0 aliphatic carbocycles. The number of ether oxygens (including phenoxy) is 1. The highest BCUT2D eigenvalue weighted by molar-refractivity contribution is 7.12. The van der Waals surface area contributed by atoms with E-state index in [1.807, 2.05) is 29.6 Å². The summed E-state index contributed by atoms with van der Waals surface area (Å²) >= 11 is 1.34. The van der Waals surface area contributed by atoms with Crippen LogP contribution in [0.15, 0.2) is 60.0 Å². The Morgan fingerprint density at radius 1 is 1.12 bits per heavy atom. The molecular weight excluding hydrogens is 337 g/mol. The van der Waals surface area contributed by atoms with Crippen LogP contribution in [-0.4, -0.2) is 5.91 Å². The van der Waals surface area contributed by atoms with Crippen LogP contribution in [0.2, 0.25) is 0 Å². The van der Waals surface area contributed by atoms with E-state index in [0.29, 0.717) is 17.2 Å². The molecule has 0 radical (unpaired) electrons. The number of hydrogen-bond acceptors (Lipinski definition) is 3. The van der Waals surface area contributed by atoms with Crippen LogP contribution in [0.4, 0.5) is 10.1 Å². The van der Waals surface area contributed by atoms with Crippen molar-refractivity contribution in [2.24, 2.45) is 0 Å². The van der Waals surface area contributed by atoms with E-state index in [-0.39, 0.29) is 11.7 Å². The van der Waals surface area contributed by atoms with Crippen molar-refractivity contribution in [3.8, 4) is 5.75 Å². The number of halogens is 1. The number of anilines is 1. The largest absolute Gasteiger partial charge is 0.489 e. The Hall–Kier alpha value is -2.66. The molecule has 0 bridgehead atoms. The first-order valence-corrected chi connectivity index (χ1v) is 8.88. The van der Waals surface area contributed by atoms with Crippen LogP contribution < -0.4 is 10.1 Å². The van der Waals surface area contributed by atoms with Gasteiger partial charge in [0.2, 0.25) is 0 Å². The summed E-state index contributed by atoms with van der Waals surface area (Å²) in [5.41, 5.74) is 2.63. The van der Waals surface area contributed by atoms with Crippen molar-refractivity contribution in [1.29, 1.82) is 0 Å². The number of aryl methyl sites for hydroxylation is 1. The molecule has 128 valence electrons. The minimum Gasteiger partial charge on any atom is -0.489 e. The average molecular weight is 355 g/mol. The van der Waals surface area contributed by atoms with Crippen molar-refractivity contribution in [2.45, 2.75) is 20.0 Å². The lowest BCUT2D eigenvalue weighted by Crippen LogP contribution is -2.10. The van der Waals surface area contributed by atoms with Gasteiger partial charge in [-0.3, -0.25) is 4.79 Å². The summed E-state index contributed by atoms with van der Waals surface area (Å²) in [5, 5.41) is 4.58. The Bertz CT molecular complexity index is 858. The number of rotatable bonds is 6. The fraction of sp³-hybridized carbons (Fsp3) is 0.150. The van der Waals surface area contributed by atoms with Gasteiger partial charge in [0.05, 0.1) is 4.88 Å². The number of amides is 1. The highest BCUT2D eigenvalue weighted by Crippen LogP contribution is 2.20. The van der Waals surface area contributed by atoms with Gasteiger partial charge in [-0.05, 0) is 53.8 Å². The molecule has 0 spiro atoms. The standard InChI is InChI=1S/C20H18FNO2S/c1-2-14-6-8-18(9-7-14)24-12-15-10-19(25-13-15)20(23)22-17-5-3-4-16(21)11-17/h3-11,13H,2,12H2,1H3,(H,22,23). The number of carbonyl (C=O) groups is 1. The van der Waals surface area contributed by atoms with Gasteiger partial charge in [0.15, 0.2) is 0 Å². The molecule has 1 aromatic heterocycles. The molecule has 3 nitrogen and oxygen atoms in total. The van der Waals surface area contributed by atoms with Gasteiger partial charge < -0.3 is 10.1 Å². The maximum atomic E-state index is 13.2. The van der Waals surface area contributed by atoms with E-state index in [4.69, 9.17) is 4.74 Å². The molecule has 1 amide bonds. The summed E-state index contributed by atoms with van der Waals surface area (Å²) in [6, 6.07) is 15.6. The smallest absolute Gasteiger partial charge is 0.265 e. The molecule has 0 aliphatic rings. The Kier molecular flexibility index (Phi) is 5.46. The lowest BCUT2D eigenvalue weighted by molar-refractivity contribution is 0.103. The quantitative estimate of drug-likeness (QED) is 0.653. The fourth-order valence-electron chi connectivity index (χ4n) is 2.32. The Labute approximate surface area is 150 Å². The van der Waals surface area contributed by atoms with Crippen molar-refractivity contribution in [3.63, 3.8) is 0 Å². The number of benzene rings is 2. The van der Waals surface area contributed by atoms with Crippen LogP contribution in [0.5, 0.6) is 5.75 Å². The summed E-state index contributed by atoms with van der Waals surface area (Å²) in [4.78, 5) is 12.8. The first kappa shape index (κ1) is 17.2. The summed E-state index contributed by atoms with van der Waals surface area (Å²) in [6.07, 6.45) is 0.995. The fourth-order valence-corrected chi connectivity index (χ4v) is 3.11. The van der Waals surface area contributed by atoms with Gasteiger partial charge in [-0.1, -0.05) is 25.1 Å². The van der Waals surface area contributed by atoms with Crippen LogP contribution in [0.1, 0.15) is 27.7 Å². The van der Waals surface area contributed by atoms with Crippen LogP contribution >= 0.6 is 11.3 Å². The van der Waals surface area contributed by atoms with Crippen LogP contribution in [0, 0.1) is 5.82 Å². The number of carbonyl (C=O) groups excluding carboxylic acids is 1. The zero-order valence-corrected chi connectivity index (χ0v) is 14.6. The van der Waals surface area contributed by atoms with E-state index in [2.05, 4.69) is 12.2 Å². The second kappa shape index (κ2) is 7.94. The third-order valence-electron chi connectivity index (χ3n) is 3.70. The summed E-state index contributed by atoms with van der Waals surface area (Å²) < 4.78 is 18.9. The number of hydrogen-bond donors (Lipinski definition) is 1. The summed E-state index contributed by atoms with van der Waals surface area (Å²) in [7, 11) is 0. The predicted molar refractivity (Wildman–Crippen MR) is 98.8 cm³/mol. The van der Waals surface area contributed by atoms with Gasteiger partial charge in [-0.2, -0.15) is 0 Å². The molecule has 1 heterocycles. The normalized spacial score (nSPS) is 10.5. The zero-order chi connectivity index (χ0) is 17.6. The molecular formula is C20H18FNO2S. The van der Waals surface area contributed by atoms with E-state index in [1.165, 1.54) is 29.0 Å². The van der Waals surface area contributed by atoms with Crippen LogP contribution in [0.3, 0.4) is 0 Å². The molecule has 3 aromatic rings. The SMILES string of the molecule is CCc1ccc(OCc2csc(C(=O)Nc3cccc(F)c3)c2)cc1. The molecule has 0 aliphatic heterocycles. The van der Waals surface area contributed by atoms with Gasteiger partial charge in [0.1, 0.15) is 18.2 Å². The number of thiophene rings is 1. The topological polar surface area (TPSA) is 38.3 Å². The summed E-state index contributed by atoms with van der Waals surface area (Å²) in [5.74, 6) is 0.162. The van der Waals surface area contributed by atoms with Crippen molar-refractivity contribution in [3.05, 3.63) is 81.8 Å². The molecule has 2 aromatic carbocycles. The second-order valence-corrected chi connectivity index (χ2v) is 6.48. The number of nitrogens with one attached hydrogen (secondary N) is 1. The molecule has 0 atom stereocenters. The van der Waals surface area contributed by atoms with E-state index in [1.54, 1.807) is 18.2 Å². The van der Waals surface area contributed by atoms with Gasteiger partial charge in [0, 0.05) is 11.3 Å². The van der Waals surface area contributed by atoms with E-state index in [9.17, 15) is 9.18 Å². The van der Waals surface area contributed by atoms with Gasteiger partial charge >= 0.3 is 0 Å². The molecule has 0 saturated heterocycles. The Morgan fingerprint density at radius 3 is 2.64 bits per heavy atom. The van der Waals surface area contributed by atoms with Gasteiger partial charge in [-0.15, -0.1) is 11.3 Å². The Balaban J connectivity index is 1.58. The maximum Gasteiger partial charge on any atom is 0.265 e. The summed E-state index contributed by atoms with van der Waals surface area (Å²) in [6.45, 7) is 2.51. The van der Waals surface area contributed by atoms with Crippen molar-refractivity contribution in [1.82, 2.24) is 0 Å². The van der Waals surface area contributed by atoms with E-state index >= 15 is 0 Å². The van der Waals surface area contributed by atoms with Gasteiger partial charge in [-0.25, -0.2) is 4.39 Å². The second-order valence-electron chi connectivity index (χ2n) is 5.57. The zero-order valence-electron chi connectivity index (χ0n) is 13.8. The van der Waals surface area contributed by atoms with Crippen molar-refractivity contribution in [2.75, 3.05) is 5.32 Å². The predicted octanol–water partition coefficient (Wildman–Crippen LogP) is 5.28. The molecule has 25 heavy (non-hydrogen) atoms. The third-order valence-corrected chi connectivity index (χ3v) is 4.67. The van der Waals surface area contributed by atoms with Crippen LogP contribution in [0.25, 0.3) is 0 Å². The highest BCUT2D eigenvalue weighted by Gasteiger charge is 2.10. The Morgan fingerprint density at radius 2 is 1.92 bits per heavy atom. The lowest BCUT2D eigenvalue weighted by atomic mass is 10.2. The molecule has 0 unspecified atom stereocenters. The third kappa shape index (κ3) is 4.67. The van der Waals surface area contributed by atoms with Crippen molar-refractivity contribution < 1.29 is 13.9 Å². The molecule has 0 saturated carbocycles. The van der Waals surface area contributed by atoms with Crippen molar-refractivity contribution >= 4 is 22.9 Å².